The van der Waals surface area contributed by atoms with E-state index in [0.29, 0.717) is 16.4 Å². The van der Waals surface area contributed by atoms with Crippen LogP contribution in [-0.2, 0) is 20.1 Å². The molecule has 2 aromatic rings. The monoisotopic (exact) mass is 515 g/mol. The van der Waals surface area contributed by atoms with Gasteiger partial charge in [0.2, 0.25) is 0 Å². The Morgan fingerprint density at radius 1 is 1.50 bits per heavy atom. The molecule has 0 bridgehead atoms. The molecule has 2 atom stereocenters. The second kappa shape index (κ2) is 9.01. The molecule has 2 aromatic heterocycles. The third-order valence-corrected chi connectivity index (χ3v) is 8.24. The van der Waals surface area contributed by atoms with Crippen LogP contribution in [0.4, 0.5) is 5.13 Å². The third kappa shape index (κ3) is 4.03. The zero-order chi connectivity index (χ0) is 23.0. The highest BCUT2D eigenvalue weighted by Gasteiger charge is 2.54. The number of fused-ring (bicyclic) bond motifs is 1. The van der Waals surface area contributed by atoms with E-state index < -0.39 is 34.9 Å². The summed E-state index contributed by atoms with van der Waals surface area (Å²) in [5.41, 5.74) is 5.72. The molecule has 0 saturated carbocycles. The number of carbonyl (C=O) groups is 3. The van der Waals surface area contributed by atoms with Crippen LogP contribution in [0.15, 0.2) is 28.2 Å². The van der Waals surface area contributed by atoms with Crippen molar-refractivity contribution in [2.75, 3.05) is 11.5 Å². The van der Waals surface area contributed by atoms with E-state index in [0.717, 1.165) is 21.8 Å². The van der Waals surface area contributed by atoms with Gasteiger partial charge in [0.25, 0.3) is 11.8 Å². The van der Waals surface area contributed by atoms with Gasteiger partial charge in [0, 0.05) is 28.2 Å². The highest BCUT2D eigenvalue weighted by molar-refractivity contribution is 8.05. The second-order valence-corrected chi connectivity index (χ2v) is 10.3. The van der Waals surface area contributed by atoms with Gasteiger partial charge in [-0.3, -0.25) is 19.6 Å². The number of nitrogen functional groups attached to an aromatic ring is 1. The molecule has 4 heterocycles. The first kappa shape index (κ1) is 22.4. The van der Waals surface area contributed by atoms with Crippen LogP contribution < -0.4 is 11.1 Å². The van der Waals surface area contributed by atoms with E-state index >= 15 is 0 Å². The summed E-state index contributed by atoms with van der Waals surface area (Å²) < 4.78 is 0.0504. The van der Waals surface area contributed by atoms with Crippen molar-refractivity contribution in [3.63, 3.8) is 0 Å². The number of nitrogens with two attached hydrogens (primary N) is 1. The summed E-state index contributed by atoms with van der Waals surface area (Å²) in [6, 6.07) is -1.01. The zero-order valence-electron chi connectivity index (χ0n) is 15.8. The number of nitrogens with one attached hydrogen (secondary N) is 2. The van der Waals surface area contributed by atoms with Gasteiger partial charge in [-0.05, 0) is 0 Å². The summed E-state index contributed by atoms with van der Waals surface area (Å²) in [6.07, 6.45) is 3.34. The number of halogens is 1. The number of oxime groups is 1. The van der Waals surface area contributed by atoms with Crippen LogP contribution in [0.5, 0.6) is 0 Å². The van der Waals surface area contributed by atoms with Crippen molar-refractivity contribution in [3.05, 3.63) is 38.6 Å². The number of hydrogen-bond acceptors (Lipinski definition) is 11. The Hall–Kier alpha value is -2.75. The van der Waals surface area contributed by atoms with E-state index in [1.807, 2.05) is 0 Å². The molecule has 0 radical (unpaired) electrons. The average Bonchev–Trinajstić information content (AvgIpc) is 3.39. The van der Waals surface area contributed by atoms with Crippen molar-refractivity contribution >= 4 is 75.1 Å². The molecule has 0 unspecified atom stereocenters. The second-order valence-electron chi connectivity index (χ2n) is 6.46. The topological polar surface area (TPSA) is 187 Å². The van der Waals surface area contributed by atoms with Gasteiger partial charge < -0.3 is 21.4 Å². The number of thioether (sulfide) groups is 2. The highest BCUT2D eigenvalue weighted by atomic mass is 35.5. The third-order valence-electron chi connectivity index (χ3n) is 4.53. The molecule has 1 fully saturated rings. The maximum Gasteiger partial charge on any atom is 0.353 e. The fraction of sp³-hybridized carbons (Fsp3) is 0.250. The lowest BCUT2D eigenvalue weighted by Gasteiger charge is -2.49. The molecule has 0 aromatic carbocycles. The number of amides is 2. The Morgan fingerprint density at radius 3 is 2.88 bits per heavy atom. The summed E-state index contributed by atoms with van der Waals surface area (Å²) in [7, 11) is 0. The quantitative estimate of drug-likeness (QED) is 0.153. The molecule has 32 heavy (non-hydrogen) atoms. The number of carbonyl (C=O) groups excluding carboxylic acids is 2. The smallest absolute Gasteiger partial charge is 0.353 e. The molecule has 6 N–H and O–H groups in total. The number of nitrogens with zero attached hydrogens (tertiary/aromatic N) is 4. The molecule has 0 aliphatic carbocycles. The number of anilines is 1. The van der Waals surface area contributed by atoms with E-state index in [1.54, 1.807) is 12.4 Å². The Kier molecular flexibility index (Phi) is 6.32. The normalized spacial score (nSPS) is 20.7. The van der Waals surface area contributed by atoms with Crippen LogP contribution in [0, 0.1) is 0 Å². The predicted molar refractivity (Wildman–Crippen MR) is 119 cm³/mol. The number of rotatable bonds is 7. The van der Waals surface area contributed by atoms with E-state index in [1.165, 1.54) is 23.5 Å². The number of carboxylic acids is 1. The van der Waals surface area contributed by atoms with Gasteiger partial charge in [-0.1, -0.05) is 28.1 Å². The minimum atomic E-state index is -1.23. The number of thiazole rings is 1. The van der Waals surface area contributed by atoms with Gasteiger partial charge in [0.05, 0.1) is 6.20 Å². The molecule has 2 aliphatic heterocycles. The number of aromatic amines is 1. The Morgan fingerprint density at radius 2 is 2.28 bits per heavy atom. The molecule has 0 spiro atoms. The van der Waals surface area contributed by atoms with Crippen LogP contribution in [0.1, 0.15) is 11.3 Å². The SMILES string of the molecule is Nc1nc(/C(=N/O)C(=O)N[C@@H]2C(=O)N3C(C(=O)O)=C(SCc4cn[nH]c4)CS[C@@H]23)c(Cl)s1. The van der Waals surface area contributed by atoms with Gasteiger partial charge in [-0.2, -0.15) is 5.10 Å². The van der Waals surface area contributed by atoms with Crippen LogP contribution in [0.2, 0.25) is 4.34 Å². The highest BCUT2D eigenvalue weighted by Crippen LogP contribution is 2.44. The number of hydrogen-bond donors (Lipinski definition) is 5. The lowest BCUT2D eigenvalue weighted by molar-refractivity contribution is -0.150. The number of carboxylic acid groups (broad SMARTS) is 1. The van der Waals surface area contributed by atoms with Crippen molar-refractivity contribution in [2.24, 2.45) is 5.16 Å². The average molecular weight is 516 g/mol. The largest absolute Gasteiger partial charge is 0.477 e. The van der Waals surface area contributed by atoms with Crippen molar-refractivity contribution in [1.29, 1.82) is 0 Å². The van der Waals surface area contributed by atoms with Crippen molar-refractivity contribution in [3.8, 4) is 0 Å². The first-order chi connectivity index (χ1) is 15.3. The van der Waals surface area contributed by atoms with Crippen molar-refractivity contribution < 1.29 is 24.7 Å². The van der Waals surface area contributed by atoms with Crippen LogP contribution in [0.3, 0.4) is 0 Å². The molecular weight excluding hydrogens is 502 g/mol. The molecule has 2 aliphatic rings. The van der Waals surface area contributed by atoms with Crippen molar-refractivity contribution in [1.82, 2.24) is 25.4 Å². The molecule has 12 nitrogen and oxygen atoms in total. The molecule has 4 rings (SSSR count). The summed E-state index contributed by atoms with van der Waals surface area (Å²) >= 11 is 9.49. The van der Waals surface area contributed by atoms with E-state index in [-0.39, 0.29) is 20.9 Å². The first-order valence-electron chi connectivity index (χ1n) is 8.78. The molecular formula is C16H14ClN7O5S3. The summed E-state index contributed by atoms with van der Waals surface area (Å²) in [4.78, 5) is 42.8. The van der Waals surface area contributed by atoms with Gasteiger partial charge in [0.15, 0.2) is 10.8 Å². The number of aliphatic carboxylic acids is 1. The standard InChI is InChI=1S/C16H14ClN7O5S3/c17-11-7(22-16(18)32-11)8(23-29)12(25)21-9-13(26)24-10(15(27)28)6(4-31-14(9)24)30-3-5-1-19-20-2-5/h1-2,9,14,29H,3-4H2,(H2,18,22)(H,19,20)(H,21,25)(H,27,28)/b23-8-/t9-,14+/m1/s1. The Bertz CT molecular complexity index is 1150. The summed E-state index contributed by atoms with van der Waals surface area (Å²) in [5.74, 6) is -1.87. The molecule has 168 valence electrons. The fourth-order valence-corrected chi connectivity index (χ4v) is 6.58. The fourth-order valence-electron chi connectivity index (χ4n) is 3.10. The maximum atomic E-state index is 12.8. The van der Waals surface area contributed by atoms with Crippen LogP contribution in [-0.4, -0.2) is 71.1 Å². The number of aromatic nitrogens is 3. The lowest BCUT2D eigenvalue weighted by atomic mass is 10.0. The number of H-pyrrole nitrogens is 1. The van der Waals surface area contributed by atoms with Crippen LogP contribution in [0.25, 0.3) is 0 Å². The predicted octanol–water partition coefficient (Wildman–Crippen LogP) is 0.910. The van der Waals surface area contributed by atoms with Crippen molar-refractivity contribution in [2.45, 2.75) is 17.2 Å². The van der Waals surface area contributed by atoms with E-state index in [2.05, 4.69) is 25.7 Å². The minimum absolute atomic E-state index is 0.0504. The minimum Gasteiger partial charge on any atom is -0.477 e. The van der Waals surface area contributed by atoms with Gasteiger partial charge in [-0.25, -0.2) is 9.78 Å². The number of β-lactam (4-membered cyclic amide) rings is 1. The Balaban J connectivity index is 1.49. The van der Waals surface area contributed by atoms with Crippen LogP contribution >= 0.6 is 46.5 Å². The zero-order valence-corrected chi connectivity index (χ0v) is 19.0. The molecule has 2 amide bonds. The Labute approximate surface area is 197 Å². The summed E-state index contributed by atoms with van der Waals surface area (Å²) in [5, 5.41) is 30.4. The maximum absolute atomic E-state index is 12.8. The van der Waals surface area contributed by atoms with Gasteiger partial charge >= 0.3 is 5.97 Å². The lowest BCUT2D eigenvalue weighted by Crippen LogP contribution is -2.71. The van der Waals surface area contributed by atoms with E-state index in [4.69, 9.17) is 17.3 Å². The molecule has 1 saturated heterocycles. The van der Waals surface area contributed by atoms with Gasteiger partial charge in [0.1, 0.15) is 27.1 Å². The molecule has 16 heteroatoms. The van der Waals surface area contributed by atoms with Gasteiger partial charge in [-0.15, -0.1) is 23.5 Å². The van der Waals surface area contributed by atoms with E-state index in [9.17, 15) is 24.7 Å². The summed E-state index contributed by atoms with van der Waals surface area (Å²) in [6.45, 7) is 0. The first-order valence-corrected chi connectivity index (χ1v) is 12.0.